The molecule has 1 amide bonds. The first-order valence-electron chi connectivity index (χ1n) is 8.50. The van der Waals surface area contributed by atoms with Crippen molar-refractivity contribution in [3.63, 3.8) is 0 Å². The number of rotatable bonds is 4. The van der Waals surface area contributed by atoms with Crippen molar-refractivity contribution in [2.24, 2.45) is 5.73 Å². The van der Waals surface area contributed by atoms with Gasteiger partial charge in [0.2, 0.25) is 10.0 Å². The standard InChI is InChI=1S/C18H18F3N3O3S/c19-15-4-2-13(28(26,27)24-7-5-11(22)6-8-24)10-14(15)18(25)23-12-1-3-16(20)17(21)9-12/h1-4,9-11H,5-8,22H2,(H,23,25). The van der Waals surface area contributed by atoms with Gasteiger partial charge in [-0.1, -0.05) is 0 Å². The van der Waals surface area contributed by atoms with Crippen LogP contribution in [0.1, 0.15) is 23.2 Å². The number of sulfonamides is 1. The van der Waals surface area contributed by atoms with Gasteiger partial charge in [0.25, 0.3) is 5.91 Å². The molecule has 1 aliphatic rings. The van der Waals surface area contributed by atoms with E-state index in [0.29, 0.717) is 12.8 Å². The molecule has 1 heterocycles. The zero-order valence-electron chi connectivity index (χ0n) is 14.7. The number of hydrogen-bond donors (Lipinski definition) is 2. The third kappa shape index (κ3) is 4.18. The Kier molecular flexibility index (Phi) is 5.73. The lowest BCUT2D eigenvalue weighted by molar-refractivity contribution is 0.102. The molecule has 0 spiro atoms. The number of nitrogens with one attached hydrogen (secondary N) is 1. The minimum atomic E-state index is -3.92. The second-order valence-electron chi connectivity index (χ2n) is 6.47. The molecule has 10 heteroatoms. The summed E-state index contributed by atoms with van der Waals surface area (Å²) in [6, 6.07) is 5.46. The van der Waals surface area contributed by atoms with Gasteiger partial charge in [-0.05, 0) is 43.2 Å². The van der Waals surface area contributed by atoms with Crippen molar-refractivity contribution in [2.75, 3.05) is 18.4 Å². The molecule has 2 aromatic carbocycles. The minimum absolute atomic E-state index is 0.0721. The molecule has 1 fully saturated rings. The highest BCUT2D eigenvalue weighted by Crippen LogP contribution is 2.23. The van der Waals surface area contributed by atoms with Gasteiger partial charge in [0.05, 0.1) is 10.5 Å². The second kappa shape index (κ2) is 7.90. The van der Waals surface area contributed by atoms with Gasteiger partial charge in [0, 0.05) is 30.9 Å². The van der Waals surface area contributed by atoms with Crippen LogP contribution in [0.5, 0.6) is 0 Å². The summed E-state index contributed by atoms with van der Waals surface area (Å²) in [5.41, 5.74) is 5.16. The Balaban J connectivity index is 1.86. The minimum Gasteiger partial charge on any atom is -0.328 e. The van der Waals surface area contributed by atoms with Gasteiger partial charge in [0.15, 0.2) is 11.6 Å². The number of hydrogen-bond acceptors (Lipinski definition) is 4. The normalized spacial score (nSPS) is 16.1. The summed E-state index contributed by atoms with van der Waals surface area (Å²) in [5.74, 6) is -4.21. The van der Waals surface area contributed by atoms with Crippen molar-refractivity contribution in [1.29, 1.82) is 0 Å². The Morgan fingerprint density at radius 3 is 2.29 bits per heavy atom. The van der Waals surface area contributed by atoms with E-state index in [9.17, 15) is 26.4 Å². The molecule has 6 nitrogen and oxygen atoms in total. The molecule has 0 saturated carbocycles. The van der Waals surface area contributed by atoms with Gasteiger partial charge < -0.3 is 11.1 Å². The van der Waals surface area contributed by atoms with Gasteiger partial charge in [-0.2, -0.15) is 4.31 Å². The number of amides is 1. The molecule has 1 aliphatic heterocycles. The lowest BCUT2D eigenvalue weighted by atomic mass is 10.1. The molecule has 3 rings (SSSR count). The maximum Gasteiger partial charge on any atom is 0.258 e. The van der Waals surface area contributed by atoms with Crippen LogP contribution in [0.3, 0.4) is 0 Å². The molecular weight excluding hydrogens is 395 g/mol. The van der Waals surface area contributed by atoms with Crippen molar-refractivity contribution < 1.29 is 26.4 Å². The first-order valence-corrected chi connectivity index (χ1v) is 9.94. The summed E-state index contributed by atoms with van der Waals surface area (Å²) >= 11 is 0. The highest BCUT2D eigenvalue weighted by molar-refractivity contribution is 7.89. The number of piperidine rings is 1. The number of nitrogens with two attached hydrogens (primary N) is 1. The second-order valence-corrected chi connectivity index (χ2v) is 8.40. The highest BCUT2D eigenvalue weighted by Gasteiger charge is 2.29. The summed E-state index contributed by atoms with van der Waals surface area (Å²) in [6.07, 6.45) is 1.01. The number of nitrogens with zero attached hydrogens (tertiary/aromatic N) is 1. The fraction of sp³-hybridized carbons (Fsp3) is 0.278. The number of anilines is 1. The van der Waals surface area contributed by atoms with Crippen molar-refractivity contribution in [2.45, 2.75) is 23.8 Å². The van der Waals surface area contributed by atoms with E-state index in [-0.39, 0.29) is 29.7 Å². The smallest absolute Gasteiger partial charge is 0.258 e. The molecule has 0 unspecified atom stereocenters. The Morgan fingerprint density at radius 2 is 1.64 bits per heavy atom. The third-order valence-electron chi connectivity index (χ3n) is 4.50. The summed E-state index contributed by atoms with van der Waals surface area (Å²) in [6.45, 7) is 0.467. The maximum atomic E-state index is 14.1. The molecular formula is C18H18F3N3O3S. The molecule has 0 radical (unpaired) electrons. The summed E-state index contributed by atoms with van der Waals surface area (Å²) in [5, 5.41) is 2.22. The van der Waals surface area contributed by atoms with Crippen LogP contribution < -0.4 is 11.1 Å². The molecule has 0 aliphatic carbocycles. The first-order chi connectivity index (χ1) is 13.2. The molecule has 2 aromatic rings. The van der Waals surface area contributed by atoms with Gasteiger partial charge in [-0.25, -0.2) is 21.6 Å². The van der Waals surface area contributed by atoms with Crippen molar-refractivity contribution in [3.8, 4) is 0 Å². The topological polar surface area (TPSA) is 92.5 Å². The molecule has 0 atom stereocenters. The highest BCUT2D eigenvalue weighted by atomic mass is 32.2. The van der Waals surface area contributed by atoms with Gasteiger partial charge in [-0.15, -0.1) is 0 Å². The lowest BCUT2D eigenvalue weighted by Gasteiger charge is -2.29. The van der Waals surface area contributed by atoms with Gasteiger partial charge >= 0.3 is 0 Å². The van der Waals surface area contributed by atoms with Crippen LogP contribution in [0.15, 0.2) is 41.3 Å². The average molecular weight is 413 g/mol. The summed E-state index contributed by atoms with van der Waals surface area (Å²) in [7, 11) is -3.92. The van der Waals surface area contributed by atoms with Crippen LogP contribution in [0.2, 0.25) is 0 Å². The molecule has 0 bridgehead atoms. The predicted molar refractivity (Wildman–Crippen MR) is 96.7 cm³/mol. The van der Waals surface area contributed by atoms with E-state index in [1.54, 1.807) is 0 Å². The molecule has 150 valence electrons. The van der Waals surface area contributed by atoms with Crippen LogP contribution in [0.4, 0.5) is 18.9 Å². The quantitative estimate of drug-likeness (QED) is 0.806. The van der Waals surface area contributed by atoms with E-state index in [1.165, 1.54) is 4.31 Å². The van der Waals surface area contributed by atoms with Crippen molar-refractivity contribution in [3.05, 3.63) is 59.4 Å². The van der Waals surface area contributed by atoms with Crippen LogP contribution in [-0.4, -0.2) is 37.8 Å². The molecule has 3 N–H and O–H groups in total. The Labute approximate surface area is 160 Å². The van der Waals surface area contributed by atoms with E-state index < -0.39 is 38.9 Å². The Hall–Kier alpha value is -2.43. The van der Waals surface area contributed by atoms with Crippen LogP contribution in [0.25, 0.3) is 0 Å². The first kappa shape index (κ1) is 20.3. The van der Waals surface area contributed by atoms with Crippen LogP contribution in [-0.2, 0) is 10.0 Å². The third-order valence-corrected chi connectivity index (χ3v) is 6.39. The van der Waals surface area contributed by atoms with Crippen molar-refractivity contribution in [1.82, 2.24) is 4.31 Å². The average Bonchev–Trinajstić information content (AvgIpc) is 2.65. The summed E-state index contributed by atoms with van der Waals surface area (Å²) in [4.78, 5) is 12.1. The zero-order chi connectivity index (χ0) is 20.5. The fourth-order valence-corrected chi connectivity index (χ4v) is 4.37. The molecule has 28 heavy (non-hydrogen) atoms. The Morgan fingerprint density at radius 1 is 1.00 bits per heavy atom. The number of halogens is 3. The number of carbonyl (C=O) groups is 1. The largest absolute Gasteiger partial charge is 0.328 e. The fourth-order valence-electron chi connectivity index (χ4n) is 2.88. The SMILES string of the molecule is NC1CCN(S(=O)(=O)c2ccc(F)c(C(=O)Nc3ccc(F)c(F)c3)c2)CC1. The van der Waals surface area contributed by atoms with E-state index in [4.69, 9.17) is 5.73 Å². The predicted octanol–water partition coefficient (Wildman–Crippen LogP) is 2.47. The van der Waals surface area contributed by atoms with Crippen molar-refractivity contribution >= 4 is 21.6 Å². The number of carbonyl (C=O) groups excluding carboxylic acids is 1. The van der Waals surface area contributed by atoms with Crippen LogP contribution >= 0.6 is 0 Å². The van der Waals surface area contributed by atoms with E-state index in [0.717, 1.165) is 36.4 Å². The molecule has 1 saturated heterocycles. The summed E-state index contributed by atoms with van der Waals surface area (Å²) < 4.78 is 67.1. The van der Waals surface area contributed by atoms with Crippen LogP contribution in [0, 0.1) is 17.5 Å². The number of benzene rings is 2. The van der Waals surface area contributed by atoms with E-state index in [1.807, 2.05) is 0 Å². The molecule has 0 aromatic heterocycles. The van der Waals surface area contributed by atoms with Gasteiger partial charge in [-0.3, -0.25) is 4.79 Å². The van der Waals surface area contributed by atoms with E-state index >= 15 is 0 Å². The monoisotopic (exact) mass is 413 g/mol. The lowest BCUT2D eigenvalue weighted by Crippen LogP contribution is -2.42. The zero-order valence-corrected chi connectivity index (χ0v) is 15.5. The van der Waals surface area contributed by atoms with E-state index in [2.05, 4.69) is 5.32 Å². The maximum absolute atomic E-state index is 14.1. The van der Waals surface area contributed by atoms with Gasteiger partial charge in [0.1, 0.15) is 5.82 Å². The Bertz CT molecular complexity index is 1010.